The highest BCUT2D eigenvalue weighted by Gasteiger charge is 2.34. The number of aliphatic hydroxyl groups is 1. The first kappa shape index (κ1) is 14.8. The van der Waals surface area contributed by atoms with Crippen LogP contribution in [-0.4, -0.2) is 16.9 Å². The van der Waals surface area contributed by atoms with Crippen LogP contribution in [0.3, 0.4) is 0 Å². The van der Waals surface area contributed by atoms with Gasteiger partial charge in [-0.2, -0.15) is 13.2 Å². The van der Waals surface area contributed by atoms with E-state index in [1.165, 1.54) is 12.8 Å². The van der Waals surface area contributed by atoms with E-state index in [4.69, 9.17) is 0 Å². The Kier molecular flexibility index (Phi) is 5.29. The third-order valence-electron chi connectivity index (χ3n) is 3.88. The highest BCUT2D eigenvalue weighted by Crippen LogP contribution is 2.35. The van der Waals surface area contributed by atoms with Gasteiger partial charge < -0.3 is 5.11 Å². The van der Waals surface area contributed by atoms with E-state index in [1.807, 2.05) is 0 Å². The molecule has 0 aliphatic heterocycles. The van der Waals surface area contributed by atoms with Crippen molar-refractivity contribution >= 4 is 0 Å². The van der Waals surface area contributed by atoms with Crippen LogP contribution in [0.1, 0.15) is 64.7 Å². The van der Waals surface area contributed by atoms with Crippen molar-refractivity contribution in [3.05, 3.63) is 0 Å². The van der Waals surface area contributed by atoms with Crippen molar-refractivity contribution in [2.45, 2.75) is 76.5 Å². The molecule has 0 radical (unpaired) electrons. The Bertz CT molecular complexity index is 215. The molecule has 1 atom stereocenters. The van der Waals surface area contributed by atoms with Crippen molar-refractivity contribution in [2.75, 3.05) is 0 Å². The minimum Gasteiger partial charge on any atom is -0.390 e. The van der Waals surface area contributed by atoms with Crippen molar-refractivity contribution in [3.8, 4) is 0 Å². The summed E-state index contributed by atoms with van der Waals surface area (Å²) in [6, 6.07) is 0. The molecule has 17 heavy (non-hydrogen) atoms. The number of hydrogen-bond acceptors (Lipinski definition) is 1. The first-order valence-corrected chi connectivity index (χ1v) is 6.60. The third kappa shape index (κ3) is 5.75. The minimum absolute atomic E-state index is 0.0347. The second-order valence-electron chi connectivity index (χ2n) is 5.51. The highest BCUT2D eigenvalue weighted by atomic mass is 19.4. The van der Waals surface area contributed by atoms with Gasteiger partial charge in [0.2, 0.25) is 0 Å². The van der Waals surface area contributed by atoms with Crippen LogP contribution in [0.2, 0.25) is 0 Å². The van der Waals surface area contributed by atoms with Gasteiger partial charge in [-0.1, -0.05) is 25.7 Å². The monoisotopic (exact) mass is 252 g/mol. The van der Waals surface area contributed by atoms with Crippen molar-refractivity contribution in [2.24, 2.45) is 5.92 Å². The Morgan fingerprint density at radius 3 is 2.00 bits per heavy atom. The number of alkyl halides is 3. The molecule has 1 aliphatic rings. The van der Waals surface area contributed by atoms with Gasteiger partial charge in [-0.25, -0.2) is 0 Å². The Labute approximate surface area is 101 Å². The molecule has 0 aromatic heterocycles. The van der Waals surface area contributed by atoms with Gasteiger partial charge >= 0.3 is 6.18 Å². The van der Waals surface area contributed by atoms with E-state index in [2.05, 4.69) is 0 Å². The zero-order valence-corrected chi connectivity index (χ0v) is 10.5. The standard InChI is InChI=1S/C13H23F3O/c1-12(17,9-6-10-13(14,15)16)11-7-4-2-3-5-8-11/h11,17H,2-10H2,1H3. The number of rotatable bonds is 4. The van der Waals surface area contributed by atoms with Crippen LogP contribution in [-0.2, 0) is 0 Å². The number of halogens is 3. The van der Waals surface area contributed by atoms with Gasteiger partial charge in [0.15, 0.2) is 0 Å². The topological polar surface area (TPSA) is 20.2 Å². The first-order chi connectivity index (χ1) is 7.81. The summed E-state index contributed by atoms with van der Waals surface area (Å²) in [5, 5.41) is 10.3. The lowest BCUT2D eigenvalue weighted by atomic mass is 9.80. The van der Waals surface area contributed by atoms with Crippen LogP contribution in [0.25, 0.3) is 0 Å². The van der Waals surface area contributed by atoms with Crippen LogP contribution in [0, 0.1) is 5.92 Å². The van der Waals surface area contributed by atoms with Gasteiger partial charge in [0.25, 0.3) is 0 Å². The summed E-state index contributed by atoms with van der Waals surface area (Å²) < 4.78 is 36.2. The van der Waals surface area contributed by atoms with Crippen LogP contribution in [0.15, 0.2) is 0 Å². The molecule has 0 spiro atoms. The molecule has 0 aromatic rings. The van der Waals surface area contributed by atoms with Gasteiger partial charge in [0.05, 0.1) is 5.60 Å². The zero-order chi connectivity index (χ0) is 12.9. The molecule has 0 bridgehead atoms. The summed E-state index contributed by atoms with van der Waals surface area (Å²) in [6.07, 6.45) is 1.90. The van der Waals surface area contributed by atoms with E-state index < -0.39 is 18.2 Å². The van der Waals surface area contributed by atoms with Crippen molar-refractivity contribution in [3.63, 3.8) is 0 Å². The molecular weight excluding hydrogens is 229 g/mol. The van der Waals surface area contributed by atoms with Crippen molar-refractivity contribution < 1.29 is 18.3 Å². The molecule has 1 fully saturated rings. The summed E-state index contributed by atoms with van der Waals surface area (Å²) in [4.78, 5) is 0. The smallest absolute Gasteiger partial charge is 0.389 e. The van der Waals surface area contributed by atoms with Gasteiger partial charge in [0.1, 0.15) is 0 Å². The van der Waals surface area contributed by atoms with Gasteiger partial charge in [-0.15, -0.1) is 0 Å². The molecule has 1 saturated carbocycles. The van der Waals surface area contributed by atoms with Gasteiger partial charge in [-0.3, -0.25) is 0 Å². The second-order valence-corrected chi connectivity index (χ2v) is 5.51. The molecular formula is C13H23F3O. The van der Waals surface area contributed by atoms with Gasteiger partial charge in [-0.05, 0) is 38.5 Å². The lowest BCUT2D eigenvalue weighted by Crippen LogP contribution is -2.34. The van der Waals surface area contributed by atoms with Crippen LogP contribution >= 0.6 is 0 Å². The average molecular weight is 252 g/mol. The van der Waals surface area contributed by atoms with E-state index in [9.17, 15) is 18.3 Å². The Hall–Kier alpha value is -0.250. The highest BCUT2D eigenvalue weighted by molar-refractivity contribution is 4.83. The summed E-state index contributed by atoms with van der Waals surface area (Å²) in [7, 11) is 0. The van der Waals surface area contributed by atoms with Crippen molar-refractivity contribution in [1.29, 1.82) is 0 Å². The number of hydrogen-bond donors (Lipinski definition) is 1. The van der Waals surface area contributed by atoms with E-state index >= 15 is 0 Å². The molecule has 1 unspecified atom stereocenters. The first-order valence-electron chi connectivity index (χ1n) is 6.60. The Morgan fingerprint density at radius 1 is 1.00 bits per heavy atom. The summed E-state index contributed by atoms with van der Waals surface area (Å²) in [6.45, 7) is 1.71. The molecule has 102 valence electrons. The lowest BCUT2D eigenvalue weighted by Gasteiger charge is -2.32. The fourth-order valence-electron chi connectivity index (χ4n) is 2.75. The van der Waals surface area contributed by atoms with E-state index in [-0.39, 0.29) is 18.8 Å². The molecule has 1 N–H and O–H groups in total. The maximum atomic E-state index is 12.1. The SMILES string of the molecule is CC(O)(CCCC(F)(F)F)C1CCCCCC1. The van der Waals surface area contributed by atoms with Gasteiger partial charge in [0, 0.05) is 6.42 Å². The predicted molar refractivity (Wildman–Crippen MR) is 61.7 cm³/mol. The quantitative estimate of drug-likeness (QED) is 0.733. The lowest BCUT2D eigenvalue weighted by molar-refractivity contribution is -0.138. The minimum atomic E-state index is -4.10. The Balaban J connectivity index is 2.37. The van der Waals surface area contributed by atoms with E-state index in [1.54, 1.807) is 6.92 Å². The largest absolute Gasteiger partial charge is 0.390 e. The van der Waals surface area contributed by atoms with Crippen LogP contribution in [0.5, 0.6) is 0 Å². The van der Waals surface area contributed by atoms with E-state index in [0.29, 0.717) is 0 Å². The molecule has 4 heteroatoms. The molecule has 0 heterocycles. The molecule has 0 aromatic carbocycles. The molecule has 0 saturated heterocycles. The fourth-order valence-corrected chi connectivity index (χ4v) is 2.75. The van der Waals surface area contributed by atoms with Crippen LogP contribution in [0.4, 0.5) is 13.2 Å². The Morgan fingerprint density at radius 2 is 1.53 bits per heavy atom. The molecule has 1 rings (SSSR count). The average Bonchev–Trinajstić information content (AvgIpc) is 2.43. The summed E-state index contributed by atoms with van der Waals surface area (Å²) in [5.41, 5.74) is -0.921. The maximum Gasteiger partial charge on any atom is 0.389 e. The molecule has 0 amide bonds. The van der Waals surface area contributed by atoms with Crippen molar-refractivity contribution in [1.82, 2.24) is 0 Å². The molecule has 1 aliphatic carbocycles. The summed E-state index contributed by atoms with van der Waals surface area (Å²) in [5.74, 6) is 0.179. The fraction of sp³-hybridized carbons (Fsp3) is 1.00. The molecule has 1 nitrogen and oxygen atoms in total. The predicted octanol–water partition coefficient (Wildman–Crippen LogP) is 4.44. The van der Waals surface area contributed by atoms with Crippen LogP contribution < -0.4 is 0 Å². The third-order valence-corrected chi connectivity index (χ3v) is 3.88. The van der Waals surface area contributed by atoms with E-state index in [0.717, 1.165) is 25.7 Å². The maximum absolute atomic E-state index is 12.1. The normalized spacial score (nSPS) is 23.1. The second kappa shape index (κ2) is 6.07. The zero-order valence-electron chi connectivity index (χ0n) is 10.5. The summed E-state index contributed by atoms with van der Waals surface area (Å²) >= 11 is 0.